The number of aliphatic hydroxyl groups excluding tert-OH is 1. The zero-order chi connectivity index (χ0) is 21.5. The van der Waals surface area contributed by atoms with E-state index in [1.807, 2.05) is 6.92 Å². The first-order chi connectivity index (χ1) is 14.3. The zero-order valence-electron chi connectivity index (χ0n) is 16.1. The number of fused-ring (bicyclic) bond motifs is 1. The molecule has 2 heterocycles. The van der Waals surface area contributed by atoms with Gasteiger partial charge in [0.2, 0.25) is 5.95 Å². The highest BCUT2D eigenvalue weighted by Gasteiger charge is 2.44. The number of phosphoric ester groups is 1. The molecule has 4 rings (SSSR count). The van der Waals surface area contributed by atoms with E-state index in [1.54, 1.807) is 28.8 Å². The number of nitrogens with two attached hydrogens (primary N) is 1. The van der Waals surface area contributed by atoms with Crippen LogP contribution in [0.5, 0.6) is 5.75 Å². The molecule has 0 aliphatic heterocycles. The van der Waals surface area contributed by atoms with Gasteiger partial charge < -0.3 is 19.9 Å². The molecule has 1 aromatic carbocycles. The molecule has 1 saturated carbocycles. The summed E-state index contributed by atoms with van der Waals surface area (Å²) in [6, 6.07) is 6.49. The van der Waals surface area contributed by atoms with Gasteiger partial charge in [0.15, 0.2) is 11.2 Å². The number of H-pyrrole nitrogens is 1. The summed E-state index contributed by atoms with van der Waals surface area (Å²) in [6.07, 6.45) is 2.02. The number of nitrogens with one attached hydrogen (secondary N) is 1. The van der Waals surface area contributed by atoms with Crippen molar-refractivity contribution >= 4 is 24.9 Å². The van der Waals surface area contributed by atoms with E-state index in [0.717, 1.165) is 5.56 Å². The molecule has 12 heteroatoms. The third kappa shape index (κ3) is 3.97. The van der Waals surface area contributed by atoms with Crippen LogP contribution in [0.25, 0.3) is 11.2 Å². The summed E-state index contributed by atoms with van der Waals surface area (Å²) in [5, 5.41) is 9.83. The van der Waals surface area contributed by atoms with Crippen molar-refractivity contribution in [3.63, 3.8) is 0 Å². The van der Waals surface area contributed by atoms with Crippen molar-refractivity contribution in [3.05, 3.63) is 46.5 Å². The van der Waals surface area contributed by atoms with Crippen molar-refractivity contribution in [2.45, 2.75) is 19.4 Å². The fourth-order valence-corrected chi connectivity index (χ4v) is 4.52. The fourth-order valence-electron chi connectivity index (χ4n) is 3.69. The van der Waals surface area contributed by atoms with E-state index in [9.17, 15) is 19.4 Å². The standard InChI is InChI=1S/C18H22N5O6P/c1-10-2-4-12(5-3-10)29-30(26,27)28-8-11-6-14(13(11)7-24)23-9-20-15-16(23)21-18(19)22-17(15)25/h2-5,9,11,13-14,24H,6-8H2,1H3,(H,26,27)(H3,19,21,22,25)/t11-,13-,14-/m1/s1. The Morgan fingerprint density at radius 3 is 2.80 bits per heavy atom. The number of benzene rings is 1. The van der Waals surface area contributed by atoms with Crippen LogP contribution >= 0.6 is 7.82 Å². The van der Waals surface area contributed by atoms with Gasteiger partial charge in [-0.15, -0.1) is 0 Å². The highest BCUT2D eigenvalue weighted by atomic mass is 31.2. The maximum absolute atomic E-state index is 12.2. The monoisotopic (exact) mass is 435 g/mol. The predicted molar refractivity (Wildman–Crippen MR) is 108 cm³/mol. The third-order valence-electron chi connectivity index (χ3n) is 5.36. The minimum absolute atomic E-state index is 0.0246. The van der Waals surface area contributed by atoms with Crippen molar-refractivity contribution in [2.24, 2.45) is 11.8 Å². The number of aromatic nitrogens is 4. The minimum Gasteiger partial charge on any atom is -0.404 e. The Morgan fingerprint density at radius 1 is 1.37 bits per heavy atom. The fraction of sp³-hybridized carbons (Fsp3) is 0.389. The second-order valence-electron chi connectivity index (χ2n) is 7.35. The van der Waals surface area contributed by atoms with E-state index in [4.69, 9.17) is 14.8 Å². The number of aromatic amines is 1. The topological polar surface area (TPSA) is 166 Å². The number of phosphoric acid groups is 1. The molecule has 2 aromatic heterocycles. The zero-order valence-corrected chi connectivity index (χ0v) is 17.0. The maximum Gasteiger partial charge on any atom is 0.527 e. The Labute approximate surface area is 171 Å². The average molecular weight is 435 g/mol. The van der Waals surface area contributed by atoms with Crippen LogP contribution in [0.15, 0.2) is 35.4 Å². The number of nitrogen functional groups attached to an aromatic ring is 1. The molecule has 0 saturated heterocycles. The van der Waals surface area contributed by atoms with Gasteiger partial charge in [0, 0.05) is 18.6 Å². The average Bonchev–Trinajstić information content (AvgIpc) is 3.06. The first kappa shape index (κ1) is 20.5. The summed E-state index contributed by atoms with van der Waals surface area (Å²) in [6.45, 7) is 1.65. The Hall–Kier alpha value is -2.72. The lowest BCUT2D eigenvalue weighted by Gasteiger charge is -2.44. The molecule has 1 aliphatic rings. The van der Waals surface area contributed by atoms with Gasteiger partial charge in [-0.3, -0.25) is 19.2 Å². The SMILES string of the molecule is Cc1ccc(OP(=O)(O)OC[C@H]2C[C@@H](n3cnc4c(=O)[nH]c(N)nc43)[C@@H]2CO)cc1. The number of aryl methyl sites for hydroxylation is 1. The summed E-state index contributed by atoms with van der Waals surface area (Å²) >= 11 is 0. The first-order valence-corrected chi connectivity index (χ1v) is 10.8. The van der Waals surface area contributed by atoms with Crippen LogP contribution < -0.4 is 15.8 Å². The molecule has 0 radical (unpaired) electrons. The van der Waals surface area contributed by atoms with Crippen molar-refractivity contribution in [1.82, 2.24) is 19.5 Å². The predicted octanol–water partition coefficient (Wildman–Crippen LogP) is 1.38. The molecule has 1 aliphatic carbocycles. The first-order valence-electron chi connectivity index (χ1n) is 9.34. The van der Waals surface area contributed by atoms with Crippen LogP contribution in [-0.4, -0.2) is 42.7 Å². The molecular formula is C18H22N5O6P. The van der Waals surface area contributed by atoms with Gasteiger partial charge in [-0.25, -0.2) is 9.55 Å². The summed E-state index contributed by atoms with van der Waals surface area (Å²) in [4.78, 5) is 32.5. The van der Waals surface area contributed by atoms with Crippen molar-refractivity contribution in [3.8, 4) is 5.75 Å². The maximum atomic E-state index is 12.2. The van der Waals surface area contributed by atoms with Gasteiger partial charge in [-0.05, 0) is 31.4 Å². The molecule has 30 heavy (non-hydrogen) atoms. The molecule has 1 fully saturated rings. The van der Waals surface area contributed by atoms with Gasteiger partial charge in [-0.1, -0.05) is 17.7 Å². The molecule has 5 N–H and O–H groups in total. The lowest BCUT2D eigenvalue weighted by atomic mass is 9.70. The second kappa shape index (κ2) is 7.84. The van der Waals surface area contributed by atoms with Crippen LogP contribution in [0.1, 0.15) is 18.0 Å². The summed E-state index contributed by atoms with van der Waals surface area (Å²) in [5.41, 5.74) is 6.67. The summed E-state index contributed by atoms with van der Waals surface area (Å²) in [5.74, 6) is -0.248. The Bertz CT molecular complexity index is 1160. The third-order valence-corrected chi connectivity index (χ3v) is 6.27. The molecular weight excluding hydrogens is 413 g/mol. The van der Waals surface area contributed by atoms with Crippen LogP contribution in [0.4, 0.5) is 5.95 Å². The number of aliphatic hydroxyl groups is 1. The highest BCUT2D eigenvalue weighted by molar-refractivity contribution is 7.47. The Kier molecular flexibility index (Phi) is 5.37. The van der Waals surface area contributed by atoms with E-state index < -0.39 is 13.4 Å². The van der Waals surface area contributed by atoms with Crippen LogP contribution in [0, 0.1) is 18.8 Å². The van der Waals surface area contributed by atoms with Gasteiger partial charge in [0.05, 0.1) is 12.9 Å². The van der Waals surface area contributed by atoms with E-state index >= 15 is 0 Å². The molecule has 0 spiro atoms. The van der Waals surface area contributed by atoms with Gasteiger partial charge >= 0.3 is 7.82 Å². The van der Waals surface area contributed by atoms with Crippen molar-refractivity contribution in [1.29, 1.82) is 0 Å². The summed E-state index contributed by atoms with van der Waals surface area (Å²) in [7, 11) is -4.31. The smallest absolute Gasteiger partial charge is 0.404 e. The number of hydrogen-bond acceptors (Lipinski definition) is 8. The molecule has 4 atom stereocenters. The molecule has 160 valence electrons. The number of rotatable bonds is 7. The largest absolute Gasteiger partial charge is 0.527 e. The van der Waals surface area contributed by atoms with Crippen LogP contribution in [0.2, 0.25) is 0 Å². The summed E-state index contributed by atoms with van der Waals surface area (Å²) < 4.78 is 24.2. The van der Waals surface area contributed by atoms with Crippen LogP contribution in [0.3, 0.4) is 0 Å². The van der Waals surface area contributed by atoms with E-state index in [-0.39, 0.29) is 48.3 Å². The lowest BCUT2D eigenvalue weighted by Crippen LogP contribution is -2.43. The molecule has 1 unspecified atom stereocenters. The van der Waals surface area contributed by atoms with Crippen molar-refractivity contribution < 1.29 is 23.6 Å². The quantitative estimate of drug-likeness (QED) is 0.401. The normalized spacial score (nSPS) is 23.1. The highest BCUT2D eigenvalue weighted by Crippen LogP contribution is 2.49. The molecule has 11 nitrogen and oxygen atoms in total. The number of hydrogen-bond donors (Lipinski definition) is 4. The van der Waals surface area contributed by atoms with E-state index in [2.05, 4.69) is 15.0 Å². The molecule has 0 amide bonds. The van der Waals surface area contributed by atoms with Gasteiger partial charge in [0.25, 0.3) is 5.56 Å². The molecule has 3 aromatic rings. The van der Waals surface area contributed by atoms with E-state index in [1.165, 1.54) is 6.33 Å². The van der Waals surface area contributed by atoms with Crippen molar-refractivity contribution in [2.75, 3.05) is 18.9 Å². The van der Waals surface area contributed by atoms with Gasteiger partial charge in [-0.2, -0.15) is 4.98 Å². The second-order valence-corrected chi connectivity index (χ2v) is 8.73. The number of imidazole rings is 1. The molecule has 0 bridgehead atoms. The van der Waals surface area contributed by atoms with Gasteiger partial charge in [0.1, 0.15) is 5.75 Å². The number of anilines is 1. The lowest BCUT2D eigenvalue weighted by molar-refractivity contribution is -0.00487. The minimum atomic E-state index is -4.31. The Morgan fingerprint density at radius 2 is 2.10 bits per heavy atom. The number of nitrogens with zero attached hydrogens (tertiary/aromatic N) is 3. The Balaban J connectivity index is 1.42. The van der Waals surface area contributed by atoms with Crippen LogP contribution in [-0.2, 0) is 9.09 Å². The van der Waals surface area contributed by atoms with E-state index in [0.29, 0.717) is 12.1 Å².